The molecule has 0 bridgehead atoms. The molecule has 370 valence electrons. The minimum Gasteiger partial charge on any atom is -0.506 e. The molecular weight excluding hydrogens is 933 g/mol. The molecule has 0 atom stereocenters. The highest BCUT2D eigenvalue weighted by molar-refractivity contribution is 5.92. The van der Waals surface area contributed by atoms with Gasteiger partial charge in [-0.1, -0.05) is 138 Å². The van der Waals surface area contributed by atoms with E-state index in [0.29, 0.717) is 90.2 Å². The average Bonchev–Trinajstić information content (AvgIpc) is 4.31. The number of hydrogen-bond donors (Lipinski definition) is 2. The van der Waals surface area contributed by atoms with E-state index in [4.69, 9.17) is 37.6 Å². The number of nitrogens with zero attached hydrogens (tertiary/aromatic N) is 4. The van der Waals surface area contributed by atoms with Crippen LogP contribution < -0.4 is 0 Å². The number of benzene rings is 8. The van der Waals surface area contributed by atoms with Crippen LogP contribution in [-0.2, 0) is 5.41 Å². The molecule has 1 aliphatic carbocycles. The summed E-state index contributed by atoms with van der Waals surface area (Å²) in [6.07, 6.45) is 11.0. The van der Waals surface area contributed by atoms with E-state index in [9.17, 15) is 10.2 Å². The maximum absolute atomic E-state index is 12.2. The third kappa shape index (κ3) is 8.12. The molecule has 0 saturated carbocycles. The van der Waals surface area contributed by atoms with Crippen molar-refractivity contribution in [2.45, 2.75) is 83.5 Å². The quantitative estimate of drug-likeness (QED) is 0.0898. The monoisotopic (exact) mass is 986 g/mol. The van der Waals surface area contributed by atoms with Gasteiger partial charge < -0.3 is 27.9 Å². The van der Waals surface area contributed by atoms with Crippen LogP contribution in [0.3, 0.4) is 0 Å². The van der Waals surface area contributed by atoms with Crippen LogP contribution in [0.1, 0.15) is 89.2 Å². The Balaban J connectivity index is 0.990. The van der Waals surface area contributed by atoms with Crippen LogP contribution >= 0.6 is 0 Å². The molecule has 13 rings (SSSR count). The van der Waals surface area contributed by atoms with Gasteiger partial charge in [0.25, 0.3) is 0 Å². The number of para-hydroxylation sites is 8. The fraction of sp³-hybridized carbons (Fsp3) is 0.200. The molecule has 10 heteroatoms. The van der Waals surface area contributed by atoms with Crippen molar-refractivity contribution in [3.8, 4) is 90.7 Å². The van der Waals surface area contributed by atoms with Crippen LogP contribution in [-0.4, -0.2) is 30.1 Å². The first-order chi connectivity index (χ1) is 36.8. The van der Waals surface area contributed by atoms with Gasteiger partial charge in [0.1, 0.15) is 33.6 Å². The molecule has 10 nitrogen and oxygen atoms in total. The summed E-state index contributed by atoms with van der Waals surface area (Å²) < 4.78 is 25.4. The molecule has 8 aromatic carbocycles. The molecule has 2 N–H and O–H groups in total. The molecule has 0 unspecified atom stereocenters. The predicted octanol–water partition coefficient (Wildman–Crippen LogP) is 17.9. The van der Waals surface area contributed by atoms with Crippen molar-refractivity contribution < 1.29 is 27.9 Å². The number of phenols is 2. The minimum atomic E-state index is -0.329. The Morgan fingerprint density at radius 2 is 0.667 bits per heavy atom. The maximum Gasteiger partial charge on any atom is 0.231 e. The molecule has 12 aromatic rings. The van der Waals surface area contributed by atoms with Gasteiger partial charge >= 0.3 is 0 Å². The Morgan fingerprint density at radius 1 is 0.347 bits per heavy atom. The number of hydrogen-bond acceptors (Lipinski definition) is 10. The number of oxazole rings is 4. The lowest BCUT2D eigenvalue weighted by atomic mass is 9.70. The summed E-state index contributed by atoms with van der Waals surface area (Å²) in [5.41, 5.74) is 15.5. The van der Waals surface area contributed by atoms with Gasteiger partial charge in [-0.15, -0.1) is 0 Å². The van der Waals surface area contributed by atoms with Crippen molar-refractivity contribution in [2.75, 3.05) is 0 Å². The number of aromatic hydroxyl groups is 2. The Morgan fingerprint density at radius 3 is 0.973 bits per heavy atom. The Labute approximate surface area is 433 Å². The third-order valence-electron chi connectivity index (χ3n) is 15.3. The fourth-order valence-electron chi connectivity index (χ4n) is 11.4. The fourth-order valence-corrected chi connectivity index (χ4v) is 11.4. The second kappa shape index (κ2) is 18.9. The van der Waals surface area contributed by atoms with Gasteiger partial charge in [-0.05, 0) is 142 Å². The Kier molecular flexibility index (Phi) is 11.6. The molecule has 4 heterocycles. The van der Waals surface area contributed by atoms with Crippen LogP contribution in [0.25, 0.3) is 124 Å². The molecule has 75 heavy (non-hydrogen) atoms. The second-order valence-corrected chi connectivity index (χ2v) is 20.0. The van der Waals surface area contributed by atoms with Crippen molar-refractivity contribution in [1.29, 1.82) is 0 Å². The van der Waals surface area contributed by atoms with E-state index in [1.165, 1.54) is 35.1 Å². The standard InChI is InChI=1S/C65H54N4O6/c1-3-5-7-17-31-65(32-18-8-6-4-2)49-37-39(41-33-45(61-66-51-19-9-13-23-55(51)72-61)59(70)46(34-41)62-67-52-20-10-14-24-56(52)73-62)27-29-43(49)44-30-28-40(38-50(44)65)42-35-47(63-68-53-21-11-15-25-57(53)74-63)60(71)48(36-42)64-69-54-22-12-16-26-58(54)75-64/h9-16,19-30,33-38,70-71H,3-8,17-18,31-32H2,1-2H3. The molecule has 1 aliphatic rings. The molecule has 0 saturated heterocycles. The normalized spacial score (nSPS) is 12.9. The van der Waals surface area contributed by atoms with Crippen LogP contribution in [0.2, 0.25) is 0 Å². The van der Waals surface area contributed by atoms with E-state index < -0.39 is 0 Å². The summed E-state index contributed by atoms with van der Waals surface area (Å²) in [4.78, 5) is 19.4. The zero-order chi connectivity index (χ0) is 50.6. The summed E-state index contributed by atoms with van der Waals surface area (Å²) in [5, 5.41) is 24.4. The molecule has 0 amide bonds. The van der Waals surface area contributed by atoms with E-state index in [1.54, 1.807) is 0 Å². The number of phenolic OH excluding ortho intramolecular Hbond substituents is 2. The Hall–Kier alpha value is -8.76. The lowest BCUT2D eigenvalue weighted by Gasteiger charge is -2.33. The largest absolute Gasteiger partial charge is 0.506 e. The van der Waals surface area contributed by atoms with E-state index in [0.717, 1.165) is 73.6 Å². The van der Waals surface area contributed by atoms with Gasteiger partial charge in [0, 0.05) is 5.41 Å². The van der Waals surface area contributed by atoms with E-state index >= 15 is 0 Å². The molecule has 0 radical (unpaired) electrons. The van der Waals surface area contributed by atoms with Gasteiger partial charge in [0.05, 0.1) is 22.3 Å². The summed E-state index contributed by atoms with van der Waals surface area (Å²) in [7, 11) is 0. The first kappa shape index (κ1) is 46.1. The van der Waals surface area contributed by atoms with Crippen molar-refractivity contribution in [3.63, 3.8) is 0 Å². The summed E-state index contributed by atoms with van der Waals surface area (Å²) in [6, 6.07) is 52.2. The first-order valence-electron chi connectivity index (χ1n) is 26.3. The van der Waals surface area contributed by atoms with Crippen LogP contribution in [0, 0.1) is 0 Å². The maximum atomic E-state index is 12.2. The Bertz CT molecular complexity index is 3530. The van der Waals surface area contributed by atoms with Crippen LogP contribution in [0.15, 0.2) is 175 Å². The third-order valence-corrected chi connectivity index (χ3v) is 15.3. The van der Waals surface area contributed by atoms with Crippen molar-refractivity contribution >= 4 is 44.4 Å². The molecular formula is C65H54N4O6. The van der Waals surface area contributed by atoms with Crippen LogP contribution in [0.5, 0.6) is 11.5 Å². The smallest absolute Gasteiger partial charge is 0.231 e. The summed E-state index contributed by atoms with van der Waals surface area (Å²) in [6.45, 7) is 4.53. The molecule has 4 aromatic heterocycles. The van der Waals surface area contributed by atoms with Crippen molar-refractivity contribution in [2.24, 2.45) is 0 Å². The van der Waals surface area contributed by atoms with E-state index in [-0.39, 0.29) is 16.9 Å². The average molecular weight is 987 g/mol. The van der Waals surface area contributed by atoms with Crippen molar-refractivity contribution in [1.82, 2.24) is 19.9 Å². The topological polar surface area (TPSA) is 145 Å². The number of aromatic nitrogens is 4. The van der Waals surface area contributed by atoms with E-state index in [1.807, 2.05) is 121 Å². The highest BCUT2D eigenvalue weighted by Gasteiger charge is 2.43. The molecule has 0 fully saturated rings. The van der Waals surface area contributed by atoms with E-state index in [2.05, 4.69) is 50.2 Å². The van der Waals surface area contributed by atoms with Gasteiger partial charge in [0.15, 0.2) is 22.3 Å². The SMILES string of the molecule is CCCCCCC1(CCCCCC)c2cc(-c3cc(-c4nc5ccccc5o4)c(O)c(-c4nc5ccccc5o4)c3)ccc2-c2ccc(-c3cc(-c4nc5ccccc5o4)c(O)c(-c4nc5ccccc5o4)c3)cc21. The molecule has 0 spiro atoms. The minimum absolute atomic E-state index is 0.0214. The first-order valence-corrected chi connectivity index (χ1v) is 26.3. The highest BCUT2D eigenvalue weighted by atomic mass is 16.4. The number of unbranched alkanes of at least 4 members (excludes halogenated alkanes) is 6. The number of fused-ring (bicyclic) bond motifs is 7. The highest BCUT2D eigenvalue weighted by Crippen LogP contribution is 2.57. The van der Waals surface area contributed by atoms with Gasteiger partial charge in [-0.25, -0.2) is 19.9 Å². The zero-order valence-corrected chi connectivity index (χ0v) is 41.9. The van der Waals surface area contributed by atoms with Crippen molar-refractivity contribution in [3.05, 3.63) is 169 Å². The number of rotatable bonds is 16. The van der Waals surface area contributed by atoms with Crippen LogP contribution in [0.4, 0.5) is 0 Å². The lowest BCUT2D eigenvalue weighted by Crippen LogP contribution is -2.25. The summed E-state index contributed by atoms with van der Waals surface area (Å²) >= 11 is 0. The lowest BCUT2D eigenvalue weighted by molar-refractivity contribution is 0.401. The zero-order valence-electron chi connectivity index (χ0n) is 41.9. The van der Waals surface area contributed by atoms with Gasteiger partial charge in [-0.3, -0.25) is 0 Å². The predicted molar refractivity (Wildman–Crippen MR) is 296 cm³/mol. The van der Waals surface area contributed by atoms with Gasteiger partial charge in [0.2, 0.25) is 23.6 Å². The van der Waals surface area contributed by atoms with Gasteiger partial charge in [-0.2, -0.15) is 0 Å². The summed E-state index contributed by atoms with van der Waals surface area (Å²) in [5.74, 6) is 1.19. The molecule has 0 aliphatic heterocycles. The second-order valence-electron chi connectivity index (χ2n) is 20.0.